The lowest BCUT2D eigenvalue weighted by molar-refractivity contribution is 0.148. The van der Waals surface area contributed by atoms with Gasteiger partial charge in [0.1, 0.15) is 5.75 Å². The van der Waals surface area contributed by atoms with E-state index in [1.54, 1.807) is 7.11 Å². The van der Waals surface area contributed by atoms with Gasteiger partial charge >= 0.3 is 6.03 Å². The first-order valence-electron chi connectivity index (χ1n) is 10.7. The molecule has 0 unspecified atom stereocenters. The Morgan fingerprint density at radius 3 is 2.52 bits per heavy atom. The summed E-state index contributed by atoms with van der Waals surface area (Å²) < 4.78 is 5.40. The molecule has 3 rings (SSSR count). The second-order valence-corrected chi connectivity index (χ2v) is 7.95. The van der Waals surface area contributed by atoms with E-state index in [-0.39, 0.29) is 6.03 Å². The van der Waals surface area contributed by atoms with Gasteiger partial charge in [-0.25, -0.2) is 4.79 Å². The number of methoxy groups -OCH3 is 1. The standard InChI is InChI=1S/C25H32N4O2/c1-27(2)14-7-10-22-20-23(11-12-24(22)31-3)26-25(30)29-18-16-28(17-19-29)15-13-21-8-5-4-6-9-21/h4-6,8-9,11-12,20H,13-19H2,1-3H3,(H,26,30). The molecule has 1 N–H and O–H groups in total. The molecule has 0 atom stereocenters. The Balaban J connectivity index is 1.51. The summed E-state index contributed by atoms with van der Waals surface area (Å²) in [5, 5.41) is 3.01. The van der Waals surface area contributed by atoms with E-state index in [1.165, 1.54) is 5.56 Å². The van der Waals surface area contributed by atoms with Gasteiger partial charge in [0.15, 0.2) is 0 Å². The second-order valence-electron chi connectivity index (χ2n) is 7.95. The number of hydrogen-bond acceptors (Lipinski definition) is 4. The molecule has 1 saturated heterocycles. The predicted octanol–water partition coefficient (Wildman–Crippen LogP) is 3.00. The summed E-state index contributed by atoms with van der Waals surface area (Å²) >= 11 is 0. The van der Waals surface area contributed by atoms with Gasteiger partial charge in [-0.05, 0) is 44.3 Å². The average molecular weight is 421 g/mol. The van der Waals surface area contributed by atoms with Crippen molar-refractivity contribution in [3.63, 3.8) is 0 Å². The maximum Gasteiger partial charge on any atom is 0.321 e. The van der Waals surface area contributed by atoms with Gasteiger partial charge in [-0.15, -0.1) is 0 Å². The lowest BCUT2D eigenvalue weighted by Crippen LogP contribution is -2.50. The molecule has 6 heteroatoms. The Kier molecular flexibility index (Phi) is 8.34. The highest BCUT2D eigenvalue weighted by atomic mass is 16.5. The zero-order chi connectivity index (χ0) is 22.1. The number of benzene rings is 2. The van der Waals surface area contributed by atoms with Gasteiger partial charge < -0.3 is 15.0 Å². The van der Waals surface area contributed by atoms with Crippen LogP contribution in [0.3, 0.4) is 0 Å². The van der Waals surface area contributed by atoms with Gasteiger partial charge in [0.2, 0.25) is 0 Å². The predicted molar refractivity (Wildman–Crippen MR) is 126 cm³/mol. The van der Waals surface area contributed by atoms with E-state index in [0.29, 0.717) is 12.3 Å². The van der Waals surface area contributed by atoms with Gasteiger partial charge in [-0.2, -0.15) is 0 Å². The lowest BCUT2D eigenvalue weighted by Gasteiger charge is -2.34. The molecule has 0 bridgehead atoms. The van der Waals surface area contributed by atoms with Crippen LogP contribution >= 0.6 is 0 Å². The number of nitrogens with one attached hydrogen (secondary N) is 1. The highest BCUT2D eigenvalue weighted by molar-refractivity contribution is 5.89. The third-order valence-corrected chi connectivity index (χ3v) is 5.29. The fraction of sp³-hybridized carbons (Fsp3) is 0.400. The monoisotopic (exact) mass is 420 g/mol. The van der Waals surface area contributed by atoms with Crippen molar-refractivity contribution in [1.82, 2.24) is 14.7 Å². The van der Waals surface area contributed by atoms with Gasteiger partial charge in [0, 0.05) is 38.4 Å². The number of rotatable bonds is 6. The number of amides is 2. The highest BCUT2D eigenvalue weighted by Gasteiger charge is 2.21. The maximum absolute atomic E-state index is 12.7. The highest BCUT2D eigenvalue weighted by Crippen LogP contribution is 2.22. The van der Waals surface area contributed by atoms with Crippen LogP contribution in [0, 0.1) is 11.8 Å². The molecule has 0 spiro atoms. The van der Waals surface area contributed by atoms with E-state index < -0.39 is 0 Å². The average Bonchev–Trinajstić information content (AvgIpc) is 2.78. The smallest absolute Gasteiger partial charge is 0.321 e. The van der Waals surface area contributed by atoms with Gasteiger partial charge in [0.05, 0.1) is 19.2 Å². The molecule has 1 heterocycles. The SMILES string of the molecule is COc1ccc(NC(=O)N2CCN(CCc3ccccc3)CC2)cc1C#CCN(C)C. The molecule has 2 aromatic carbocycles. The number of piperazine rings is 1. The van der Waals surface area contributed by atoms with Crippen LogP contribution in [0.25, 0.3) is 0 Å². The Labute approximate surface area is 185 Å². The molecule has 6 nitrogen and oxygen atoms in total. The van der Waals surface area contributed by atoms with Crippen LogP contribution in [0.5, 0.6) is 5.75 Å². The largest absolute Gasteiger partial charge is 0.495 e. The van der Waals surface area contributed by atoms with Crippen molar-refractivity contribution >= 4 is 11.7 Å². The minimum atomic E-state index is -0.0694. The number of anilines is 1. The number of carbonyl (C=O) groups is 1. The fourth-order valence-electron chi connectivity index (χ4n) is 3.49. The number of hydrogen-bond donors (Lipinski definition) is 1. The number of urea groups is 1. The van der Waals surface area contributed by atoms with Crippen molar-refractivity contribution in [3.8, 4) is 17.6 Å². The van der Waals surface area contributed by atoms with E-state index in [1.807, 2.05) is 48.2 Å². The third kappa shape index (κ3) is 7.02. The molecule has 0 aliphatic carbocycles. The minimum Gasteiger partial charge on any atom is -0.495 e. The van der Waals surface area contributed by atoms with Gasteiger partial charge in [-0.1, -0.05) is 42.2 Å². The molecule has 164 valence electrons. The van der Waals surface area contributed by atoms with Crippen LogP contribution in [0.15, 0.2) is 48.5 Å². The van der Waals surface area contributed by atoms with E-state index in [2.05, 4.69) is 46.3 Å². The van der Waals surface area contributed by atoms with E-state index >= 15 is 0 Å². The molecule has 2 amide bonds. The first-order valence-corrected chi connectivity index (χ1v) is 10.7. The van der Waals surface area contributed by atoms with Gasteiger partial charge in [0.25, 0.3) is 0 Å². The van der Waals surface area contributed by atoms with Crippen molar-refractivity contribution < 1.29 is 9.53 Å². The molecule has 0 saturated carbocycles. The third-order valence-electron chi connectivity index (χ3n) is 5.29. The summed E-state index contributed by atoms with van der Waals surface area (Å²) in [5.74, 6) is 6.95. The fourth-order valence-corrected chi connectivity index (χ4v) is 3.49. The quantitative estimate of drug-likeness (QED) is 0.730. The Morgan fingerprint density at radius 1 is 1.10 bits per heavy atom. The van der Waals surface area contributed by atoms with Gasteiger partial charge in [-0.3, -0.25) is 9.80 Å². The summed E-state index contributed by atoms with van der Waals surface area (Å²) in [6.07, 6.45) is 1.04. The maximum atomic E-state index is 12.7. The normalized spacial score (nSPS) is 14.1. The van der Waals surface area contributed by atoms with E-state index in [0.717, 1.165) is 50.4 Å². The van der Waals surface area contributed by atoms with E-state index in [4.69, 9.17) is 4.74 Å². The first kappa shape index (κ1) is 22.7. The summed E-state index contributed by atoms with van der Waals surface area (Å²) in [5.41, 5.74) is 2.85. The van der Waals surface area contributed by atoms with Crippen molar-refractivity contribution in [1.29, 1.82) is 0 Å². The molecular weight excluding hydrogens is 388 g/mol. The molecule has 0 radical (unpaired) electrons. The van der Waals surface area contributed by atoms with Crippen LogP contribution in [0.1, 0.15) is 11.1 Å². The van der Waals surface area contributed by atoms with Crippen molar-refractivity contribution in [2.45, 2.75) is 6.42 Å². The molecular formula is C25H32N4O2. The van der Waals surface area contributed by atoms with Crippen LogP contribution in [0.4, 0.5) is 10.5 Å². The first-order chi connectivity index (χ1) is 15.0. The van der Waals surface area contributed by atoms with Crippen molar-refractivity contribution in [2.24, 2.45) is 0 Å². The van der Waals surface area contributed by atoms with Crippen LogP contribution in [0.2, 0.25) is 0 Å². The molecule has 0 aromatic heterocycles. The number of ether oxygens (including phenoxy) is 1. The Hall–Kier alpha value is -3.01. The van der Waals surface area contributed by atoms with Crippen LogP contribution in [-0.2, 0) is 6.42 Å². The number of carbonyl (C=O) groups excluding carboxylic acids is 1. The number of nitrogens with zero attached hydrogens (tertiary/aromatic N) is 3. The molecule has 2 aromatic rings. The lowest BCUT2D eigenvalue weighted by atomic mass is 10.1. The topological polar surface area (TPSA) is 48.1 Å². The Bertz CT molecular complexity index is 910. The summed E-state index contributed by atoms with van der Waals surface area (Å²) in [6.45, 7) is 4.92. The van der Waals surface area contributed by atoms with Crippen LogP contribution in [-0.4, -0.2) is 81.2 Å². The Morgan fingerprint density at radius 2 is 1.84 bits per heavy atom. The summed E-state index contributed by atoms with van der Waals surface area (Å²) in [6, 6.07) is 16.0. The zero-order valence-corrected chi connectivity index (χ0v) is 18.7. The molecule has 31 heavy (non-hydrogen) atoms. The van der Waals surface area contributed by atoms with E-state index in [9.17, 15) is 4.79 Å². The summed E-state index contributed by atoms with van der Waals surface area (Å²) in [4.78, 5) is 19.0. The zero-order valence-electron chi connectivity index (χ0n) is 18.7. The van der Waals surface area contributed by atoms with Crippen LogP contribution < -0.4 is 10.1 Å². The molecule has 1 aliphatic rings. The summed E-state index contributed by atoms with van der Waals surface area (Å²) in [7, 11) is 5.58. The molecule has 1 fully saturated rings. The van der Waals surface area contributed by atoms with Crippen molar-refractivity contribution in [2.75, 3.05) is 65.8 Å². The van der Waals surface area contributed by atoms with Crippen molar-refractivity contribution in [3.05, 3.63) is 59.7 Å². The minimum absolute atomic E-state index is 0.0694. The molecule has 1 aliphatic heterocycles. The second kappa shape index (κ2) is 11.4.